The molecule has 0 radical (unpaired) electrons. The van der Waals surface area contributed by atoms with Gasteiger partial charge in [0.2, 0.25) is 0 Å². The van der Waals surface area contributed by atoms with Crippen LogP contribution in [-0.4, -0.2) is 27.7 Å². The highest BCUT2D eigenvalue weighted by Gasteiger charge is 2.25. The van der Waals surface area contributed by atoms with E-state index in [1.165, 1.54) is 0 Å². The second kappa shape index (κ2) is 8.18. The number of hydrogen-bond acceptors (Lipinski definition) is 5. The fourth-order valence-corrected chi connectivity index (χ4v) is 2.12. The van der Waals surface area contributed by atoms with Crippen LogP contribution in [0.3, 0.4) is 0 Å². The van der Waals surface area contributed by atoms with Gasteiger partial charge in [-0.2, -0.15) is 0 Å². The SMILES string of the molecule is CCCC(OCC)C(NN)c1cnnn1CCC. The predicted octanol–water partition coefficient (Wildman–Crippen LogP) is 1.40. The average Bonchev–Trinajstić information content (AvgIpc) is 2.80. The Morgan fingerprint density at radius 1 is 1.39 bits per heavy atom. The highest BCUT2D eigenvalue weighted by molar-refractivity contribution is 5.04. The molecule has 6 heteroatoms. The molecule has 0 aliphatic heterocycles. The summed E-state index contributed by atoms with van der Waals surface area (Å²) in [4.78, 5) is 0. The van der Waals surface area contributed by atoms with E-state index in [1.807, 2.05) is 11.6 Å². The molecule has 0 amide bonds. The number of rotatable bonds is 9. The minimum Gasteiger partial charge on any atom is -0.376 e. The molecule has 0 aromatic carbocycles. The van der Waals surface area contributed by atoms with E-state index in [0.29, 0.717) is 6.61 Å². The molecule has 104 valence electrons. The first-order valence-corrected chi connectivity index (χ1v) is 6.74. The summed E-state index contributed by atoms with van der Waals surface area (Å²) in [5.41, 5.74) is 3.84. The summed E-state index contributed by atoms with van der Waals surface area (Å²) in [6, 6.07) is -0.0635. The highest BCUT2D eigenvalue weighted by atomic mass is 16.5. The topological polar surface area (TPSA) is 78.0 Å². The number of aryl methyl sites for hydroxylation is 1. The summed E-state index contributed by atoms with van der Waals surface area (Å²) in [6.07, 6.45) is 4.85. The number of hydrazine groups is 1. The molecule has 1 aromatic heterocycles. The standard InChI is InChI=1S/C12H25N5O/c1-4-7-11(18-6-3)12(15-13)10-9-14-16-17(10)8-5-2/h9,11-12,15H,4-8,13H2,1-3H3. The molecule has 1 rings (SSSR count). The minimum absolute atomic E-state index is 0.0547. The summed E-state index contributed by atoms with van der Waals surface area (Å²) < 4.78 is 7.68. The lowest BCUT2D eigenvalue weighted by Crippen LogP contribution is -2.39. The third kappa shape index (κ3) is 3.76. The van der Waals surface area contributed by atoms with Crippen LogP contribution in [0.25, 0.3) is 0 Å². The number of nitrogens with two attached hydrogens (primary N) is 1. The van der Waals surface area contributed by atoms with E-state index in [0.717, 1.165) is 31.5 Å². The predicted molar refractivity (Wildman–Crippen MR) is 70.7 cm³/mol. The van der Waals surface area contributed by atoms with Crippen LogP contribution in [0, 0.1) is 0 Å². The molecule has 2 unspecified atom stereocenters. The molecule has 0 saturated heterocycles. The van der Waals surface area contributed by atoms with Crippen LogP contribution in [0.2, 0.25) is 0 Å². The van der Waals surface area contributed by atoms with Crippen molar-refractivity contribution in [1.29, 1.82) is 0 Å². The zero-order valence-corrected chi connectivity index (χ0v) is 11.6. The van der Waals surface area contributed by atoms with Gasteiger partial charge in [-0.25, -0.2) is 10.1 Å². The molecule has 1 heterocycles. The smallest absolute Gasteiger partial charge is 0.0906 e. The van der Waals surface area contributed by atoms with Crippen LogP contribution >= 0.6 is 0 Å². The number of hydrogen-bond donors (Lipinski definition) is 2. The first-order chi connectivity index (χ1) is 8.78. The lowest BCUT2D eigenvalue weighted by Gasteiger charge is -2.26. The molecule has 0 saturated carbocycles. The first-order valence-electron chi connectivity index (χ1n) is 6.74. The number of aromatic nitrogens is 3. The number of nitrogens with zero attached hydrogens (tertiary/aromatic N) is 3. The molecular weight excluding hydrogens is 230 g/mol. The Bertz CT molecular complexity index is 322. The van der Waals surface area contributed by atoms with Crippen LogP contribution in [0.1, 0.15) is 51.8 Å². The van der Waals surface area contributed by atoms with Crippen LogP contribution in [0.4, 0.5) is 0 Å². The van der Waals surface area contributed by atoms with Gasteiger partial charge in [0.05, 0.1) is 24.0 Å². The molecule has 6 nitrogen and oxygen atoms in total. The van der Waals surface area contributed by atoms with Crippen molar-refractivity contribution in [3.05, 3.63) is 11.9 Å². The van der Waals surface area contributed by atoms with Crippen LogP contribution in [0.5, 0.6) is 0 Å². The Kier molecular flexibility index (Phi) is 6.85. The Balaban J connectivity index is 2.87. The van der Waals surface area contributed by atoms with Gasteiger partial charge in [-0.05, 0) is 19.8 Å². The lowest BCUT2D eigenvalue weighted by molar-refractivity contribution is 0.0253. The van der Waals surface area contributed by atoms with E-state index in [2.05, 4.69) is 29.6 Å². The Morgan fingerprint density at radius 3 is 2.72 bits per heavy atom. The summed E-state index contributed by atoms with van der Waals surface area (Å²) in [5, 5.41) is 8.07. The van der Waals surface area contributed by atoms with E-state index in [9.17, 15) is 0 Å². The molecule has 3 N–H and O–H groups in total. The quantitative estimate of drug-likeness (QED) is 0.515. The maximum absolute atomic E-state index is 5.78. The zero-order valence-electron chi connectivity index (χ0n) is 11.6. The van der Waals surface area contributed by atoms with Crippen LogP contribution < -0.4 is 11.3 Å². The fraction of sp³-hybridized carbons (Fsp3) is 0.833. The summed E-state index contributed by atoms with van der Waals surface area (Å²) in [5.74, 6) is 5.69. The van der Waals surface area contributed by atoms with Gasteiger partial charge in [0, 0.05) is 13.2 Å². The van der Waals surface area contributed by atoms with Crippen LogP contribution in [0.15, 0.2) is 6.20 Å². The number of nitrogens with one attached hydrogen (secondary N) is 1. The molecule has 2 atom stereocenters. The zero-order chi connectivity index (χ0) is 13.4. The van der Waals surface area contributed by atoms with E-state index in [-0.39, 0.29) is 12.1 Å². The lowest BCUT2D eigenvalue weighted by atomic mass is 10.0. The largest absolute Gasteiger partial charge is 0.376 e. The van der Waals surface area contributed by atoms with Crippen molar-refractivity contribution in [2.45, 2.75) is 58.7 Å². The monoisotopic (exact) mass is 255 g/mol. The molecule has 0 aliphatic rings. The molecule has 0 bridgehead atoms. The number of ether oxygens (including phenoxy) is 1. The van der Waals surface area contributed by atoms with E-state index in [1.54, 1.807) is 6.20 Å². The second-order valence-corrected chi connectivity index (χ2v) is 4.31. The van der Waals surface area contributed by atoms with Crippen LogP contribution in [-0.2, 0) is 11.3 Å². The van der Waals surface area contributed by atoms with Crippen molar-refractivity contribution in [2.75, 3.05) is 6.61 Å². The molecular formula is C12H25N5O. The van der Waals surface area contributed by atoms with E-state index in [4.69, 9.17) is 10.6 Å². The molecule has 1 aromatic rings. The van der Waals surface area contributed by atoms with Gasteiger partial charge in [0.15, 0.2) is 0 Å². The van der Waals surface area contributed by atoms with Crippen molar-refractivity contribution >= 4 is 0 Å². The van der Waals surface area contributed by atoms with Crippen molar-refractivity contribution in [2.24, 2.45) is 5.84 Å². The van der Waals surface area contributed by atoms with Gasteiger partial charge >= 0.3 is 0 Å². The molecule has 18 heavy (non-hydrogen) atoms. The second-order valence-electron chi connectivity index (χ2n) is 4.31. The summed E-state index contributed by atoms with van der Waals surface area (Å²) in [7, 11) is 0. The summed E-state index contributed by atoms with van der Waals surface area (Å²) in [6.45, 7) is 7.78. The Morgan fingerprint density at radius 2 is 2.17 bits per heavy atom. The minimum atomic E-state index is -0.0635. The van der Waals surface area contributed by atoms with Crippen molar-refractivity contribution in [1.82, 2.24) is 20.4 Å². The van der Waals surface area contributed by atoms with Gasteiger partial charge in [-0.1, -0.05) is 25.5 Å². The van der Waals surface area contributed by atoms with E-state index >= 15 is 0 Å². The normalized spacial score (nSPS) is 14.7. The van der Waals surface area contributed by atoms with Gasteiger partial charge in [-0.3, -0.25) is 5.84 Å². The fourth-order valence-electron chi connectivity index (χ4n) is 2.12. The van der Waals surface area contributed by atoms with Crippen molar-refractivity contribution < 1.29 is 4.74 Å². The Labute approximate surface area is 109 Å². The average molecular weight is 255 g/mol. The maximum atomic E-state index is 5.78. The van der Waals surface area contributed by atoms with Gasteiger partial charge in [-0.15, -0.1) is 5.10 Å². The third-order valence-electron chi connectivity index (χ3n) is 2.91. The Hall–Kier alpha value is -0.980. The van der Waals surface area contributed by atoms with Crippen molar-refractivity contribution in [3.63, 3.8) is 0 Å². The highest BCUT2D eigenvalue weighted by Crippen LogP contribution is 2.21. The molecule has 0 spiro atoms. The van der Waals surface area contributed by atoms with Gasteiger partial charge in [0.25, 0.3) is 0 Å². The first kappa shape index (κ1) is 15.1. The molecule has 0 fully saturated rings. The maximum Gasteiger partial charge on any atom is 0.0906 e. The molecule has 0 aliphatic carbocycles. The summed E-state index contributed by atoms with van der Waals surface area (Å²) >= 11 is 0. The van der Waals surface area contributed by atoms with E-state index < -0.39 is 0 Å². The van der Waals surface area contributed by atoms with Gasteiger partial charge in [0.1, 0.15) is 0 Å². The van der Waals surface area contributed by atoms with Gasteiger partial charge < -0.3 is 4.74 Å². The third-order valence-corrected chi connectivity index (χ3v) is 2.91. The van der Waals surface area contributed by atoms with Crippen molar-refractivity contribution in [3.8, 4) is 0 Å².